The zero-order valence-electron chi connectivity index (χ0n) is 11.6. The van der Waals surface area contributed by atoms with Gasteiger partial charge in [0, 0.05) is 23.7 Å². The summed E-state index contributed by atoms with van der Waals surface area (Å²) in [6, 6.07) is 5.81. The molecule has 0 bridgehead atoms. The van der Waals surface area contributed by atoms with Crippen LogP contribution in [0.4, 0.5) is 5.69 Å². The van der Waals surface area contributed by atoms with E-state index in [9.17, 15) is 4.79 Å². The monoisotopic (exact) mass is 266 g/mol. The summed E-state index contributed by atoms with van der Waals surface area (Å²) in [7, 11) is 0. The van der Waals surface area contributed by atoms with Gasteiger partial charge in [-0.15, -0.1) is 11.8 Å². The van der Waals surface area contributed by atoms with Crippen LogP contribution < -0.4 is 5.73 Å². The van der Waals surface area contributed by atoms with Crippen molar-refractivity contribution in [3.63, 3.8) is 0 Å². The zero-order chi connectivity index (χ0) is 13.7. The van der Waals surface area contributed by atoms with Crippen molar-refractivity contribution in [1.82, 2.24) is 4.90 Å². The van der Waals surface area contributed by atoms with Gasteiger partial charge in [-0.3, -0.25) is 4.79 Å². The number of anilines is 1. The molecule has 1 rings (SSSR count). The number of hydrogen-bond donors (Lipinski definition) is 1. The molecule has 0 aliphatic carbocycles. The number of nitrogen functional groups attached to an aromatic ring is 1. The Morgan fingerprint density at radius 2 is 2.00 bits per heavy atom. The van der Waals surface area contributed by atoms with Crippen LogP contribution in [0.2, 0.25) is 0 Å². The standard InChI is InChI=1S/C14H22N2OS/c1-5-16(6-2)14(17)11(4)18-13-9-12(15)8-7-10(13)3/h7-9,11H,5-6,15H2,1-4H3. The van der Waals surface area contributed by atoms with Gasteiger partial charge in [0.1, 0.15) is 0 Å². The molecule has 1 aromatic rings. The lowest BCUT2D eigenvalue weighted by molar-refractivity contribution is -0.129. The van der Waals surface area contributed by atoms with Crippen LogP contribution in [-0.2, 0) is 4.79 Å². The summed E-state index contributed by atoms with van der Waals surface area (Å²) in [5.41, 5.74) is 7.68. The Kier molecular flexibility index (Phi) is 5.54. The van der Waals surface area contributed by atoms with Crippen LogP contribution in [0.25, 0.3) is 0 Å². The molecular formula is C14H22N2OS. The van der Waals surface area contributed by atoms with E-state index in [1.54, 1.807) is 11.8 Å². The van der Waals surface area contributed by atoms with Gasteiger partial charge in [-0.1, -0.05) is 6.07 Å². The molecule has 1 aromatic carbocycles. The summed E-state index contributed by atoms with van der Waals surface area (Å²) < 4.78 is 0. The predicted octanol–water partition coefficient (Wildman–Crippen LogP) is 2.93. The summed E-state index contributed by atoms with van der Waals surface area (Å²) >= 11 is 1.58. The van der Waals surface area contributed by atoms with Crippen LogP contribution in [-0.4, -0.2) is 29.1 Å². The molecular weight excluding hydrogens is 244 g/mol. The van der Waals surface area contributed by atoms with Gasteiger partial charge >= 0.3 is 0 Å². The van der Waals surface area contributed by atoms with Crippen molar-refractivity contribution in [2.24, 2.45) is 0 Å². The molecule has 3 nitrogen and oxygen atoms in total. The Labute approximate surface area is 114 Å². The predicted molar refractivity (Wildman–Crippen MR) is 78.8 cm³/mol. The van der Waals surface area contributed by atoms with Crippen molar-refractivity contribution in [3.8, 4) is 0 Å². The Morgan fingerprint density at radius 3 is 2.56 bits per heavy atom. The van der Waals surface area contributed by atoms with Crippen molar-refractivity contribution in [2.45, 2.75) is 37.8 Å². The van der Waals surface area contributed by atoms with E-state index in [-0.39, 0.29) is 11.2 Å². The maximum absolute atomic E-state index is 12.2. The summed E-state index contributed by atoms with van der Waals surface area (Å²) in [5.74, 6) is 0.187. The second-order valence-electron chi connectivity index (χ2n) is 4.30. The first-order valence-electron chi connectivity index (χ1n) is 6.31. The van der Waals surface area contributed by atoms with E-state index >= 15 is 0 Å². The zero-order valence-corrected chi connectivity index (χ0v) is 12.4. The lowest BCUT2D eigenvalue weighted by atomic mass is 10.2. The van der Waals surface area contributed by atoms with E-state index in [1.807, 2.05) is 50.8 Å². The number of carbonyl (C=O) groups excluding carboxylic acids is 1. The molecule has 0 radical (unpaired) electrons. The SMILES string of the molecule is CCN(CC)C(=O)C(C)Sc1cc(N)ccc1C. The summed E-state index contributed by atoms with van der Waals surface area (Å²) in [6.07, 6.45) is 0. The Morgan fingerprint density at radius 1 is 1.39 bits per heavy atom. The summed E-state index contributed by atoms with van der Waals surface area (Å²) in [6.45, 7) is 9.52. The lowest BCUT2D eigenvalue weighted by Gasteiger charge is -2.23. The average molecular weight is 266 g/mol. The number of rotatable bonds is 5. The van der Waals surface area contributed by atoms with E-state index in [2.05, 4.69) is 0 Å². The van der Waals surface area contributed by atoms with Crippen LogP contribution in [0.5, 0.6) is 0 Å². The number of nitrogens with zero attached hydrogens (tertiary/aromatic N) is 1. The second-order valence-corrected chi connectivity index (χ2v) is 5.68. The Balaban J connectivity index is 2.77. The molecule has 100 valence electrons. The van der Waals surface area contributed by atoms with E-state index in [4.69, 9.17) is 5.73 Å². The van der Waals surface area contributed by atoms with Gasteiger partial charge in [-0.05, 0) is 45.4 Å². The maximum Gasteiger partial charge on any atom is 0.235 e. The van der Waals surface area contributed by atoms with Gasteiger partial charge in [-0.25, -0.2) is 0 Å². The fourth-order valence-electron chi connectivity index (χ4n) is 1.78. The number of carbonyl (C=O) groups is 1. The van der Waals surface area contributed by atoms with Gasteiger partial charge in [0.05, 0.1) is 5.25 Å². The van der Waals surface area contributed by atoms with Gasteiger partial charge in [-0.2, -0.15) is 0 Å². The number of aryl methyl sites for hydroxylation is 1. The van der Waals surface area contributed by atoms with Crippen LogP contribution in [0.3, 0.4) is 0 Å². The van der Waals surface area contributed by atoms with Crippen molar-refractivity contribution in [2.75, 3.05) is 18.8 Å². The van der Waals surface area contributed by atoms with Gasteiger partial charge < -0.3 is 10.6 Å². The number of amides is 1. The summed E-state index contributed by atoms with van der Waals surface area (Å²) in [5, 5.41) is -0.0783. The highest BCUT2D eigenvalue weighted by Crippen LogP contribution is 2.29. The highest BCUT2D eigenvalue weighted by Gasteiger charge is 2.19. The van der Waals surface area contributed by atoms with Crippen LogP contribution in [0, 0.1) is 6.92 Å². The number of hydrogen-bond acceptors (Lipinski definition) is 3. The number of benzene rings is 1. The summed E-state index contributed by atoms with van der Waals surface area (Å²) in [4.78, 5) is 15.1. The van der Waals surface area contributed by atoms with Crippen LogP contribution >= 0.6 is 11.8 Å². The first kappa shape index (κ1) is 14.9. The molecule has 0 spiro atoms. The minimum atomic E-state index is -0.0783. The van der Waals surface area contributed by atoms with Crippen LogP contribution in [0.1, 0.15) is 26.3 Å². The first-order chi connectivity index (χ1) is 8.49. The van der Waals surface area contributed by atoms with E-state index in [0.29, 0.717) is 0 Å². The Hall–Kier alpha value is -1.16. The van der Waals surface area contributed by atoms with E-state index in [1.165, 1.54) is 0 Å². The molecule has 0 heterocycles. The number of nitrogens with two attached hydrogens (primary N) is 1. The molecule has 0 aromatic heterocycles. The molecule has 18 heavy (non-hydrogen) atoms. The van der Waals surface area contributed by atoms with Crippen molar-refractivity contribution in [1.29, 1.82) is 0 Å². The second kappa shape index (κ2) is 6.69. The maximum atomic E-state index is 12.2. The molecule has 0 saturated carbocycles. The third-order valence-electron chi connectivity index (χ3n) is 2.94. The molecule has 1 atom stereocenters. The third-order valence-corrected chi connectivity index (χ3v) is 4.19. The first-order valence-corrected chi connectivity index (χ1v) is 7.19. The molecule has 1 unspecified atom stereocenters. The molecule has 1 amide bonds. The van der Waals surface area contributed by atoms with Crippen molar-refractivity contribution >= 4 is 23.4 Å². The highest BCUT2D eigenvalue weighted by molar-refractivity contribution is 8.00. The van der Waals surface area contributed by atoms with Crippen molar-refractivity contribution in [3.05, 3.63) is 23.8 Å². The molecule has 0 saturated heterocycles. The van der Waals surface area contributed by atoms with Crippen molar-refractivity contribution < 1.29 is 4.79 Å². The van der Waals surface area contributed by atoms with Gasteiger partial charge in [0.2, 0.25) is 5.91 Å². The molecule has 4 heteroatoms. The molecule has 0 aliphatic rings. The minimum Gasteiger partial charge on any atom is -0.399 e. The third kappa shape index (κ3) is 3.67. The van der Waals surface area contributed by atoms with Crippen LogP contribution in [0.15, 0.2) is 23.1 Å². The Bertz CT molecular complexity index is 416. The fraction of sp³-hybridized carbons (Fsp3) is 0.500. The smallest absolute Gasteiger partial charge is 0.235 e. The van der Waals surface area contributed by atoms with E-state index in [0.717, 1.165) is 29.2 Å². The van der Waals surface area contributed by atoms with Gasteiger partial charge in [0.15, 0.2) is 0 Å². The quantitative estimate of drug-likeness (QED) is 0.658. The molecule has 2 N–H and O–H groups in total. The topological polar surface area (TPSA) is 46.3 Å². The minimum absolute atomic E-state index is 0.0783. The average Bonchev–Trinajstić information content (AvgIpc) is 2.35. The normalized spacial score (nSPS) is 12.2. The number of thioether (sulfide) groups is 1. The van der Waals surface area contributed by atoms with E-state index < -0.39 is 0 Å². The van der Waals surface area contributed by atoms with Gasteiger partial charge in [0.25, 0.3) is 0 Å². The molecule has 0 aliphatic heterocycles. The highest BCUT2D eigenvalue weighted by atomic mass is 32.2. The fourth-order valence-corrected chi connectivity index (χ4v) is 2.87. The largest absolute Gasteiger partial charge is 0.399 e. The lowest BCUT2D eigenvalue weighted by Crippen LogP contribution is -2.36. The molecule has 0 fully saturated rings.